The van der Waals surface area contributed by atoms with E-state index in [1.807, 2.05) is 22.9 Å². The monoisotopic (exact) mass is 259 g/mol. The van der Waals surface area contributed by atoms with Gasteiger partial charge in [0.2, 0.25) is 5.88 Å². The Bertz CT molecular complexity index is 240. The van der Waals surface area contributed by atoms with Crippen LogP contribution in [0, 0.1) is 3.95 Å². The number of aromatic nitrogens is 1. The summed E-state index contributed by atoms with van der Waals surface area (Å²) in [5.74, 6) is 0.223. The molecule has 1 heterocycles. The van der Waals surface area contributed by atoms with Gasteiger partial charge in [-0.3, -0.25) is 0 Å². The van der Waals surface area contributed by atoms with Crippen molar-refractivity contribution in [2.24, 2.45) is 0 Å². The Kier molecular flexibility index (Phi) is 1.88. The van der Waals surface area contributed by atoms with Gasteiger partial charge in [-0.2, -0.15) is 0 Å². The Labute approximate surface area is 69.3 Å². The van der Waals surface area contributed by atoms with Gasteiger partial charge in [-0.25, -0.2) is 2.78 Å². The summed E-state index contributed by atoms with van der Waals surface area (Å²) in [6.45, 7) is 0. The molecule has 2 nitrogen and oxygen atoms in total. The fourth-order valence-electron chi connectivity index (χ4n) is 0.289. The average molecular weight is 259 g/mol. The van der Waals surface area contributed by atoms with Crippen LogP contribution in [0.15, 0.2) is 5.38 Å². The van der Waals surface area contributed by atoms with E-state index in [-0.39, 0.29) is 5.88 Å². The van der Waals surface area contributed by atoms with Gasteiger partial charge < -0.3 is 5.11 Å². The van der Waals surface area contributed by atoms with E-state index in [4.69, 9.17) is 17.3 Å². The molecule has 5 heteroatoms. The van der Waals surface area contributed by atoms with Crippen molar-refractivity contribution in [1.82, 2.24) is 2.78 Å². The van der Waals surface area contributed by atoms with Gasteiger partial charge in [0.25, 0.3) is 0 Å². The molecule has 0 unspecified atom stereocenters. The van der Waals surface area contributed by atoms with Gasteiger partial charge in [-0.05, 0) is 12.2 Å². The van der Waals surface area contributed by atoms with Crippen LogP contribution in [0.4, 0.5) is 0 Å². The third kappa shape index (κ3) is 1.03. The molecule has 0 spiro atoms. The van der Waals surface area contributed by atoms with E-state index in [0.717, 1.165) is 0 Å². The van der Waals surface area contributed by atoms with Crippen molar-refractivity contribution in [2.75, 3.05) is 0 Å². The molecule has 44 valence electrons. The number of thiazole rings is 1. The third-order valence-corrected chi connectivity index (χ3v) is 3.44. The van der Waals surface area contributed by atoms with Crippen LogP contribution in [-0.2, 0) is 0 Å². The number of halogens is 1. The summed E-state index contributed by atoms with van der Waals surface area (Å²) in [6.07, 6.45) is 0. The summed E-state index contributed by atoms with van der Waals surface area (Å²) in [5, 5.41) is 10.4. The highest BCUT2D eigenvalue weighted by Crippen LogP contribution is 2.19. The molecule has 0 aliphatic heterocycles. The Balaban J connectivity index is 3.41. The number of nitrogens with zero attached hydrogens (tertiary/aromatic N) is 1. The van der Waals surface area contributed by atoms with Crippen LogP contribution in [0.5, 0.6) is 5.88 Å². The summed E-state index contributed by atoms with van der Waals surface area (Å²) in [6, 6.07) is 0. The highest BCUT2D eigenvalue weighted by molar-refractivity contribution is 14.1. The maximum absolute atomic E-state index is 8.84. The third-order valence-electron chi connectivity index (χ3n) is 0.627. The molecule has 8 heavy (non-hydrogen) atoms. The van der Waals surface area contributed by atoms with Gasteiger partial charge in [0.15, 0.2) is 3.95 Å². The SMILES string of the molecule is Oc1csc(=S)n1I. The Morgan fingerprint density at radius 2 is 2.50 bits per heavy atom. The molecule has 0 saturated heterocycles. The molecule has 0 aliphatic carbocycles. The largest absolute Gasteiger partial charge is 0.493 e. The molecule has 0 fully saturated rings. The van der Waals surface area contributed by atoms with Crippen LogP contribution in [-0.4, -0.2) is 7.89 Å². The standard InChI is InChI=1S/C3H2INOS2/c4-5-2(6)1-8-3(5)7/h1,6H. The summed E-state index contributed by atoms with van der Waals surface area (Å²) in [7, 11) is 0. The molecule has 0 atom stereocenters. The molecule has 0 saturated carbocycles. The van der Waals surface area contributed by atoms with Crippen molar-refractivity contribution in [3.05, 3.63) is 9.33 Å². The topological polar surface area (TPSA) is 25.2 Å². The predicted octanol–water partition coefficient (Wildman–Crippen LogP) is 2.18. The van der Waals surface area contributed by atoms with Gasteiger partial charge in [-0.15, -0.1) is 11.3 Å². The van der Waals surface area contributed by atoms with Gasteiger partial charge >= 0.3 is 0 Å². The lowest BCUT2D eigenvalue weighted by molar-refractivity contribution is 0.454. The van der Waals surface area contributed by atoms with Crippen molar-refractivity contribution in [3.63, 3.8) is 0 Å². The molecule has 0 radical (unpaired) electrons. The van der Waals surface area contributed by atoms with E-state index in [1.165, 1.54) is 14.1 Å². The van der Waals surface area contributed by atoms with Crippen LogP contribution in [0.25, 0.3) is 0 Å². The zero-order valence-corrected chi connectivity index (χ0v) is 7.46. The summed E-state index contributed by atoms with van der Waals surface area (Å²) >= 11 is 8.08. The lowest BCUT2D eigenvalue weighted by atomic mass is 10.9. The summed E-state index contributed by atoms with van der Waals surface area (Å²) in [5.41, 5.74) is 0. The fraction of sp³-hybridized carbons (Fsp3) is 0. The second kappa shape index (κ2) is 2.32. The van der Waals surface area contributed by atoms with E-state index in [9.17, 15) is 0 Å². The molecule has 1 rings (SSSR count). The summed E-state index contributed by atoms with van der Waals surface area (Å²) < 4.78 is 2.21. The number of rotatable bonds is 0. The molecular weight excluding hydrogens is 257 g/mol. The van der Waals surface area contributed by atoms with E-state index in [2.05, 4.69) is 0 Å². The first-order chi connectivity index (χ1) is 3.72. The van der Waals surface area contributed by atoms with Crippen LogP contribution >= 0.6 is 46.4 Å². The van der Waals surface area contributed by atoms with E-state index in [1.54, 1.807) is 5.38 Å². The second-order valence-corrected chi connectivity index (χ2v) is 3.61. The lowest BCUT2D eigenvalue weighted by Crippen LogP contribution is -1.71. The average Bonchev–Trinajstić information content (AvgIpc) is 1.98. The first-order valence-electron chi connectivity index (χ1n) is 1.77. The maximum Gasteiger partial charge on any atom is 0.212 e. The second-order valence-electron chi connectivity index (χ2n) is 1.14. The number of hydrogen-bond donors (Lipinski definition) is 1. The molecule has 1 aromatic rings. The van der Waals surface area contributed by atoms with Crippen LogP contribution in [0.1, 0.15) is 0 Å². The minimum atomic E-state index is 0.223. The van der Waals surface area contributed by atoms with Crippen molar-refractivity contribution in [2.45, 2.75) is 0 Å². The van der Waals surface area contributed by atoms with E-state index in [0.29, 0.717) is 3.95 Å². The van der Waals surface area contributed by atoms with Crippen molar-refractivity contribution >= 4 is 46.4 Å². The highest BCUT2D eigenvalue weighted by Gasteiger charge is 1.94. The molecule has 0 aliphatic rings. The van der Waals surface area contributed by atoms with Crippen molar-refractivity contribution < 1.29 is 5.11 Å². The van der Waals surface area contributed by atoms with Gasteiger partial charge in [-0.1, -0.05) is 0 Å². The molecule has 0 aromatic carbocycles. The zero-order valence-electron chi connectivity index (χ0n) is 3.67. The van der Waals surface area contributed by atoms with E-state index < -0.39 is 0 Å². The predicted molar refractivity (Wildman–Crippen MR) is 44.2 cm³/mol. The Morgan fingerprint density at radius 1 is 1.88 bits per heavy atom. The number of aromatic hydroxyl groups is 1. The first-order valence-corrected chi connectivity index (χ1v) is 4.03. The summed E-state index contributed by atoms with van der Waals surface area (Å²) in [4.78, 5) is 0. The minimum Gasteiger partial charge on any atom is -0.493 e. The Morgan fingerprint density at radius 3 is 2.62 bits per heavy atom. The van der Waals surface area contributed by atoms with Gasteiger partial charge in [0, 0.05) is 0 Å². The normalized spacial score (nSPS) is 9.62. The highest BCUT2D eigenvalue weighted by atomic mass is 127. The first kappa shape index (κ1) is 6.50. The molecular formula is C3H2INOS2. The lowest BCUT2D eigenvalue weighted by Gasteiger charge is -1.84. The maximum atomic E-state index is 8.84. The molecule has 0 amide bonds. The van der Waals surface area contributed by atoms with Gasteiger partial charge in [0.05, 0.1) is 28.2 Å². The van der Waals surface area contributed by atoms with Crippen LogP contribution < -0.4 is 0 Å². The van der Waals surface area contributed by atoms with Crippen molar-refractivity contribution in [1.29, 1.82) is 0 Å². The number of hydrogen-bond acceptors (Lipinski definition) is 3. The van der Waals surface area contributed by atoms with Gasteiger partial charge in [0.1, 0.15) is 0 Å². The van der Waals surface area contributed by atoms with Crippen LogP contribution in [0.3, 0.4) is 0 Å². The van der Waals surface area contributed by atoms with Crippen molar-refractivity contribution in [3.8, 4) is 5.88 Å². The fourth-order valence-corrected chi connectivity index (χ4v) is 1.69. The zero-order chi connectivity index (χ0) is 6.15. The van der Waals surface area contributed by atoms with Crippen LogP contribution in [0.2, 0.25) is 0 Å². The quantitative estimate of drug-likeness (QED) is 0.570. The molecule has 1 N–H and O–H groups in total. The molecule has 1 aromatic heterocycles. The minimum absolute atomic E-state index is 0.223. The molecule has 0 bridgehead atoms. The smallest absolute Gasteiger partial charge is 0.212 e. The Hall–Kier alpha value is 0.380. The van der Waals surface area contributed by atoms with E-state index >= 15 is 0 Å².